The van der Waals surface area contributed by atoms with E-state index in [2.05, 4.69) is 15.4 Å². The van der Waals surface area contributed by atoms with Gasteiger partial charge in [-0.15, -0.1) is 0 Å². The minimum absolute atomic E-state index is 0.649. The molecule has 0 saturated heterocycles. The molecule has 0 spiro atoms. The van der Waals surface area contributed by atoms with Crippen molar-refractivity contribution in [2.45, 2.75) is 32.8 Å². The quantitative estimate of drug-likeness (QED) is 0.843. The van der Waals surface area contributed by atoms with Crippen LogP contribution in [0.15, 0.2) is 18.5 Å². The number of aromatic nitrogens is 3. The fraction of sp³-hybridized carbons (Fsp3) is 0.500. The van der Waals surface area contributed by atoms with Gasteiger partial charge in [-0.3, -0.25) is 0 Å². The minimum Gasteiger partial charge on any atom is -0.390 e. The third-order valence-corrected chi connectivity index (χ3v) is 2.59. The summed E-state index contributed by atoms with van der Waals surface area (Å²) in [6.45, 7) is 6.27. The second kappa shape index (κ2) is 4.33. The number of anilines is 1. The molecule has 0 unspecified atom stereocenters. The number of hydrogen-bond acceptors (Lipinski definition) is 4. The van der Waals surface area contributed by atoms with Crippen LogP contribution in [0.4, 0.5) is 5.82 Å². The lowest BCUT2D eigenvalue weighted by atomic mass is 10.1. The van der Waals surface area contributed by atoms with Gasteiger partial charge in [0.25, 0.3) is 0 Å². The van der Waals surface area contributed by atoms with Crippen molar-refractivity contribution in [1.82, 2.24) is 14.6 Å². The van der Waals surface area contributed by atoms with Crippen LogP contribution in [-0.2, 0) is 0 Å². The summed E-state index contributed by atoms with van der Waals surface area (Å²) in [6, 6.07) is 1.88. The number of aliphatic hydroxyl groups is 1. The van der Waals surface area contributed by atoms with Crippen molar-refractivity contribution in [3.63, 3.8) is 0 Å². The Kier molecular flexibility index (Phi) is 3.02. The van der Waals surface area contributed by atoms with Crippen molar-refractivity contribution >= 4 is 11.5 Å². The van der Waals surface area contributed by atoms with Crippen molar-refractivity contribution in [1.29, 1.82) is 0 Å². The molecular weight excluding hydrogens is 216 g/mol. The molecule has 2 rings (SSSR count). The van der Waals surface area contributed by atoms with Gasteiger partial charge in [0, 0.05) is 18.3 Å². The van der Waals surface area contributed by atoms with Gasteiger partial charge in [0.05, 0.1) is 11.8 Å². The van der Waals surface area contributed by atoms with E-state index in [-0.39, 0.29) is 0 Å². The normalized spacial score (nSPS) is 12.0. The van der Waals surface area contributed by atoms with E-state index in [0.717, 1.165) is 17.0 Å². The van der Waals surface area contributed by atoms with Crippen LogP contribution in [0.2, 0.25) is 0 Å². The van der Waals surface area contributed by atoms with Crippen molar-refractivity contribution in [2.24, 2.45) is 0 Å². The van der Waals surface area contributed by atoms with Crippen molar-refractivity contribution in [2.75, 3.05) is 11.9 Å². The SMILES string of the molecule is Cc1cnn2ccc(NCCC(C)(C)O)nc12. The Bertz CT molecular complexity index is 513. The molecule has 5 heteroatoms. The molecule has 0 aliphatic heterocycles. The molecule has 2 aromatic rings. The Morgan fingerprint density at radius 2 is 2.24 bits per heavy atom. The van der Waals surface area contributed by atoms with Gasteiger partial charge < -0.3 is 10.4 Å². The van der Waals surface area contributed by atoms with Crippen LogP contribution in [0.5, 0.6) is 0 Å². The fourth-order valence-electron chi connectivity index (χ4n) is 1.58. The summed E-state index contributed by atoms with van der Waals surface area (Å²) in [5.74, 6) is 0.811. The summed E-state index contributed by atoms with van der Waals surface area (Å²) in [4.78, 5) is 4.46. The van der Waals surface area contributed by atoms with Gasteiger partial charge in [0.15, 0.2) is 5.65 Å². The number of fused-ring (bicyclic) bond motifs is 1. The smallest absolute Gasteiger partial charge is 0.160 e. The van der Waals surface area contributed by atoms with Crippen molar-refractivity contribution in [3.8, 4) is 0 Å². The molecule has 5 nitrogen and oxygen atoms in total. The minimum atomic E-state index is -0.649. The molecule has 0 bridgehead atoms. The highest BCUT2D eigenvalue weighted by atomic mass is 16.3. The molecule has 2 heterocycles. The van der Waals surface area contributed by atoms with Gasteiger partial charge in [-0.05, 0) is 33.3 Å². The zero-order chi connectivity index (χ0) is 12.5. The molecule has 2 N–H and O–H groups in total. The molecule has 92 valence electrons. The molecule has 0 aromatic carbocycles. The Balaban J connectivity index is 2.06. The predicted octanol–water partition coefficient (Wildman–Crippen LogP) is 1.61. The molecule has 0 fully saturated rings. The van der Waals surface area contributed by atoms with Crippen molar-refractivity contribution < 1.29 is 5.11 Å². The van der Waals surface area contributed by atoms with E-state index in [1.165, 1.54) is 0 Å². The lowest BCUT2D eigenvalue weighted by molar-refractivity contribution is 0.0748. The van der Waals surface area contributed by atoms with Crippen LogP contribution in [0, 0.1) is 6.92 Å². The van der Waals surface area contributed by atoms with Crippen molar-refractivity contribution in [3.05, 3.63) is 24.0 Å². The van der Waals surface area contributed by atoms with E-state index in [0.29, 0.717) is 13.0 Å². The third-order valence-electron chi connectivity index (χ3n) is 2.59. The molecule has 0 aliphatic rings. The van der Waals surface area contributed by atoms with E-state index in [9.17, 15) is 5.11 Å². The zero-order valence-corrected chi connectivity index (χ0v) is 10.4. The number of nitrogens with zero attached hydrogens (tertiary/aromatic N) is 3. The largest absolute Gasteiger partial charge is 0.390 e. The van der Waals surface area contributed by atoms with Crippen LogP contribution in [0.1, 0.15) is 25.8 Å². The molecular formula is C12H18N4O. The molecule has 0 saturated carbocycles. The Morgan fingerprint density at radius 1 is 1.47 bits per heavy atom. The topological polar surface area (TPSA) is 62.5 Å². The van der Waals surface area contributed by atoms with E-state index < -0.39 is 5.60 Å². The molecule has 0 atom stereocenters. The Labute approximate surface area is 100 Å². The number of aryl methyl sites for hydroxylation is 1. The molecule has 2 aromatic heterocycles. The van der Waals surface area contributed by atoms with Crippen LogP contribution >= 0.6 is 0 Å². The maximum absolute atomic E-state index is 9.60. The average molecular weight is 234 g/mol. The van der Waals surface area contributed by atoms with E-state index in [4.69, 9.17) is 0 Å². The molecule has 0 radical (unpaired) electrons. The third kappa shape index (κ3) is 2.94. The van der Waals surface area contributed by atoms with Gasteiger partial charge in [0.2, 0.25) is 0 Å². The van der Waals surface area contributed by atoms with Crippen LogP contribution < -0.4 is 5.32 Å². The van der Waals surface area contributed by atoms with Gasteiger partial charge in [-0.1, -0.05) is 0 Å². The van der Waals surface area contributed by atoms with Crippen LogP contribution in [-0.4, -0.2) is 31.9 Å². The van der Waals surface area contributed by atoms with E-state index >= 15 is 0 Å². The molecule has 0 amide bonds. The van der Waals surface area contributed by atoms with Crippen LogP contribution in [0.3, 0.4) is 0 Å². The summed E-state index contributed by atoms with van der Waals surface area (Å²) in [6.07, 6.45) is 4.35. The highest BCUT2D eigenvalue weighted by molar-refractivity contribution is 5.50. The second-order valence-electron chi connectivity index (χ2n) is 4.90. The highest BCUT2D eigenvalue weighted by Gasteiger charge is 2.11. The first-order chi connectivity index (χ1) is 7.96. The summed E-state index contributed by atoms with van der Waals surface area (Å²) in [7, 11) is 0. The van der Waals surface area contributed by atoms with Gasteiger partial charge in [0.1, 0.15) is 5.82 Å². The lowest BCUT2D eigenvalue weighted by Crippen LogP contribution is -2.22. The maximum atomic E-state index is 9.60. The molecule has 17 heavy (non-hydrogen) atoms. The van der Waals surface area contributed by atoms with Gasteiger partial charge in [-0.2, -0.15) is 5.10 Å². The highest BCUT2D eigenvalue weighted by Crippen LogP contribution is 2.11. The second-order valence-corrected chi connectivity index (χ2v) is 4.90. The predicted molar refractivity (Wildman–Crippen MR) is 67.1 cm³/mol. The standard InChI is InChI=1S/C12H18N4O/c1-9-8-14-16-7-4-10(15-11(9)16)13-6-5-12(2,3)17/h4,7-8,17H,5-6H2,1-3H3,(H,13,15). The summed E-state index contributed by atoms with van der Waals surface area (Å²) in [5, 5.41) is 17.0. The lowest BCUT2D eigenvalue weighted by Gasteiger charge is -2.17. The summed E-state index contributed by atoms with van der Waals surface area (Å²) < 4.78 is 1.75. The van der Waals surface area contributed by atoms with E-state index in [1.807, 2.05) is 19.2 Å². The number of nitrogens with one attached hydrogen (secondary N) is 1. The Hall–Kier alpha value is -1.62. The van der Waals surface area contributed by atoms with Crippen LogP contribution in [0.25, 0.3) is 5.65 Å². The first-order valence-corrected chi connectivity index (χ1v) is 5.73. The number of rotatable bonds is 4. The monoisotopic (exact) mass is 234 g/mol. The van der Waals surface area contributed by atoms with E-state index in [1.54, 1.807) is 24.6 Å². The zero-order valence-electron chi connectivity index (χ0n) is 10.4. The van der Waals surface area contributed by atoms with Gasteiger partial charge in [-0.25, -0.2) is 9.50 Å². The average Bonchev–Trinajstić information content (AvgIpc) is 2.59. The number of hydrogen-bond donors (Lipinski definition) is 2. The fourth-order valence-corrected chi connectivity index (χ4v) is 1.58. The first-order valence-electron chi connectivity index (χ1n) is 5.73. The first kappa shape index (κ1) is 11.9. The summed E-state index contributed by atoms with van der Waals surface area (Å²) in [5.41, 5.74) is 1.26. The molecule has 0 aliphatic carbocycles. The summed E-state index contributed by atoms with van der Waals surface area (Å²) >= 11 is 0. The maximum Gasteiger partial charge on any atom is 0.160 e. The van der Waals surface area contributed by atoms with Gasteiger partial charge >= 0.3 is 0 Å². The Morgan fingerprint density at radius 3 is 2.94 bits per heavy atom.